The number of nitrogens with zero attached hydrogens (tertiary/aromatic N) is 2. The van der Waals surface area contributed by atoms with E-state index in [1.165, 1.54) is 70.8 Å². The Balaban J connectivity index is 1.37. The minimum absolute atomic E-state index is 0.437. The highest BCUT2D eigenvalue weighted by atomic mass is 33.1. The lowest BCUT2D eigenvalue weighted by molar-refractivity contribution is 0.240. The molecule has 2 aromatic carbocycles. The highest BCUT2D eigenvalue weighted by Gasteiger charge is 2.22. The number of fused-ring (bicyclic) bond motifs is 2. The standard InChI is InChI=1S/C34H52N2O2S4Si2/c1-5-9-15-25(7-3)21-37-43-31(33-35-27-17-11-13-19-29(27)41-33)23-39-40-24-32(44-38-22-26(8-4)16-10-6-2)34-36-28-18-12-14-20-30(28)42-34/h11-14,17-20,25-26,31-32H,5-10,15-16,21-24,43-44H2,1-4H3. The van der Waals surface area contributed by atoms with Crippen LogP contribution in [-0.4, -0.2) is 54.2 Å². The molecule has 0 N–H and O–H groups in total. The van der Waals surface area contributed by atoms with Crippen LogP contribution in [0, 0.1) is 11.8 Å². The second kappa shape index (κ2) is 20.5. The molecule has 44 heavy (non-hydrogen) atoms. The summed E-state index contributed by atoms with van der Waals surface area (Å²) in [6, 6.07) is 17.1. The molecule has 2 heterocycles. The summed E-state index contributed by atoms with van der Waals surface area (Å²) in [5.74, 6) is 3.50. The van der Waals surface area contributed by atoms with Gasteiger partial charge in [-0.15, -0.1) is 22.7 Å². The first-order valence-electron chi connectivity index (χ1n) is 16.8. The quantitative estimate of drug-likeness (QED) is 0.0435. The molecule has 242 valence electrons. The molecule has 4 aromatic rings. The second-order valence-corrected chi connectivity index (χ2v) is 20.0. The van der Waals surface area contributed by atoms with Gasteiger partial charge in [-0.3, -0.25) is 0 Å². The molecule has 4 unspecified atom stereocenters. The molecule has 0 saturated carbocycles. The first kappa shape index (κ1) is 36.1. The van der Waals surface area contributed by atoms with Crippen LogP contribution in [0.4, 0.5) is 0 Å². The van der Waals surface area contributed by atoms with Gasteiger partial charge in [-0.25, -0.2) is 9.97 Å². The van der Waals surface area contributed by atoms with Gasteiger partial charge in [0.25, 0.3) is 0 Å². The van der Waals surface area contributed by atoms with E-state index in [-0.39, 0.29) is 0 Å². The van der Waals surface area contributed by atoms with Gasteiger partial charge in [0.05, 0.1) is 30.4 Å². The highest BCUT2D eigenvalue weighted by Crippen LogP contribution is 2.36. The van der Waals surface area contributed by atoms with Crippen molar-refractivity contribution in [1.82, 2.24) is 9.97 Å². The molecule has 0 saturated heterocycles. The van der Waals surface area contributed by atoms with Crippen LogP contribution in [0.25, 0.3) is 20.4 Å². The maximum atomic E-state index is 6.55. The maximum Gasteiger partial charge on any atom is 0.172 e. The summed E-state index contributed by atoms with van der Waals surface area (Å²) in [4.78, 5) is 10.2. The van der Waals surface area contributed by atoms with Crippen molar-refractivity contribution >= 4 is 84.2 Å². The topological polar surface area (TPSA) is 44.2 Å². The van der Waals surface area contributed by atoms with Crippen molar-refractivity contribution in [3.63, 3.8) is 0 Å². The van der Waals surface area contributed by atoms with E-state index in [1.54, 1.807) is 0 Å². The first-order valence-corrected chi connectivity index (χ1v) is 23.7. The molecular weight excluding hydrogens is 653 g/mol. The Morgan fingerprint density at radius 1 is 0.659 bits per heavy atom. The molecule has 0 aliphatic carbocycles. The van der Waals surface area contributed by atoms with Gasteiger partial charge in [0.2, 0.25) is 0 Å². The van der Waals surface area contributed by atoms with Crippen molar-refractivity contribution in [3.05, 3.63) is 58.5 Å². The SMILES string of the molecule is CCCCC(CC)CO[SiH2]C(CSSCC([SiH2]OCC(CC)CCCC)c1nc2ccccc2s1)c1nc2ccccc2s1. The minimum atomic E-state index is -0.754. The largest absolute Gasteiger partial charge is 0.423 e. The van der Waals surface area contributed by atoms with Gasteiger partial charge in [-0.05, 0) is 48.9 Å². The fourth-order valence-corrected chi connectivity index (χ4v) is 15.3. The van der Waals surface area contributed by atoms with E-state index in [9.17, 15) is 0 Å². The van der Waals surface area contributed by atoms with Gasteiger partial charge in [0, 0.05) is 35.8 Å². The minimum Gasteiger partial charge on any atom is -0.423 e. The van der Waals surface area contributed by atoms with Crippen LogP contribution < -0.4 is 0 Å². The summed E-state index contributed by atoms with van der Waals surface area (Å²) < 4.78 is 15.7. The monoisotopic (exact) mass is 704 g/mol. The summed E-state index contributed by atoms with van der Waals surface area (Å²) in [7, 11) is 2.51. The van der Waals surface area contributed by atoms with E-state index in [2.05, 4.69) is 76.2 Å². The Labute approximate surface area is 286 Å². The second-order valence-electron chi connectivity index (χ2n) is 11.9. The van der Waals surface area contributed by atoms with Gasteiger partial charge in [-0.1, -0.05) is 112 Å². The smallest absolute Gasteiger partial charge is 0.172 e. The van der Waals surface area contributed by atoms with Gasteiger partial charge >= 0.3 is 0 Å². The van der Waals surface area contributed by atoms with Crippen LogP contribution in [0.5, 0.6) is 0 Å². The predicted molar refractivity (Wildman–Crippen MR) is 205 cm³/mol. The fourth-order valence-electron chi connectivity index (χ4n) is 5.32. The molecule has 4 nitrogen and oxygen atoms in total. The Morgan fingerprint density at radius 3 is 1.48 bits per heavy atom. The number of rotatable bonds is 23. The molecule has 0 spiro atoms. The third-order valence-corrected chi connectivity index (χ3v) is 17.9. The molecule has 0 radical (unpaired) electrons. The zero-order valence-electron chi connectivity index (χ0n) is 27.2. The van der Waals surface area contributed by atoms with Crippen molar-refractivity contribution in [2.24, 2.45) is 11.8 Å². The van der Waals surface area contributed by atoms with E-state index in [4.69, 9.17) is 18.8 Å². The average molecular weight is 705 g/mol. The number of benzene rings is 2. The van der Waals surface area contributed by atoms with E-state index < -0.39 is 19.5 Å². The number of aromatic nitrogens is 2. The van der Waals surface area contributed by atoms with Crippen molar-refractivity contribution in [3.8, 4) is 0 Å². The summed E-state index contributed by atoms with van der Waals surface area (Å²) in [6.45, 7) is 11.0. The molecule has 10 heteroatoms. The number of hydrogen-bond donors (Lipinski definition) is 0. The van der Waals surface area contributed by atoms with Gasteiger partial charge in [0.1, 0.15) is 0 Å². The van der Waals surface area contributed by atoms with Crippen LogP contribution >= 0.6 is 44.3 Å². The Morgan fingerprint density at radius 2 is 1.09 bits per heavy atom. The molecule has 0 amide bonds. The van der Waals surface area contributed by atoms with Gasteiger partial charge in [0.15, 0.2) is 19.5 Å². The van der Waals surface area contributed by atoms with Gasteiger partial charge < -0.3 is 8.85 Å². The predicted octanol–water partition coefficient (Wildman–Crippen LogP) is 9.70. The van der Waals surface area contributed by atoms with Crippen molar-refractivity contribution in [2.45, 2.75) is 90.1 Å². The van der Waals surface area contributed by atoms with E-state index in [0.29, 0.717) is 22.9 Å². The van der Waals surface area contributed by atoms with E-state index in [1.807, 2.05) is 44.3 Å². The maximum absolute atomic E-state index is 6.55. The first-order chi connectivity index (χ1) is 21.6. The molecule has 4 rings (SSSR count). The summed E-state index contributed by atoms with van der Waals surface area (Å²) in [6.07, 6.45) is 10.1. The zero-order chi connectivity index (χ0) is 31.0. The number of unbranched alkanes of at least 4 members (excludes halogenated alkanes) is 2. The average Bonchev–Trinajstić information content (AvgIpc) is 3.69. The highest BCUT2D eigenvalue weighted by molar-refractivity contribution is 8.76. The van der Waals surface area contributed by atoms with Crippen molar-refractivity contribution < 1.29 is 8.85 Å². The van der Waals surface area contributed by atoms with Crippen LogP contribution in [0.15, 0.2) is 48.5 Å². The van der Waals surface area contributed by atoms with Gasteiger partial charge in [-0.2, -0.15) is 0 Å². The molecule has 0 aliphatic rings. The fraction of sp³-hybridized carbons (Fsp3) is 0.588. The molecule has 4 atom stereocenters. The summed E-state index contributed by atoms with van der Waals surface area (Å²) >= 11 is 3.74. The van der Waals surface area contributed by atoms with Crippen LogP contribution in [-0.2, 0) is 8.85 Å². The molecule has 0 bridgehead atoms. The molecular formula is C34H52N2O2S4Si2. The summed E-state index contributed by atoms with van der Waals surface area (Å²) in [5, 5.41) is 2.54. The lowest BCUT2D eigenvalue weighted by atomic mass is 10.0. The van der Waals surface area contributed by atoms with Crippen LogP contribution in [0.3, 0.4) is 0 Å². The lowest BCUT2D eigenvalue weighted by Gasteiger charge is -2.19. The lowest BCUT2D eigenvalue weighted by Crippen LogP contribution is -2.19. The number of hydrogen-bond acceptors (Lipinski definition) is 8. The van der Waals surface area contributed by atoms with Crippen LogP contribution in [0.1, 0.15) is 100 Å². The molecule has 2 aromatic heterocycles. The Hall–Kier alpha value is -0.726. The van der Waals surface area contributed by atoms with Crippen molar-refractivity contribution in [1.29, 1.82) is 0 Å². The normalized spacial score (nSPS) is 15.3. The van der Waals surface area contributed by atoms with E-state index >= 15 is 0 Å². The van der Waals surface area contributed by atoms with Crippen LogP contribution in [0.2, 0.25) is 0 Å². The third kappa shape index (κ3) is 11.5. The Bertz CT molecular complexity index is 1190. The summed E-state index contributed by atoms with van der Waals surface area (Å²) in [5.41, 5.74) is 3.13. The third-order valence-electron chi connectivity index (χ3n) is 8.37. The Kier molecular flexibility index (Phi) is 16.8. The zero-order valence-corrected chi connectivity index (χ0v) is 33.3. The van der Waals surface area contributed by atoms with Crippen molar-refractivity contribution in [2.75, 3.05) is 24.7 Å². The molecule has 0 fully saturated rings. The number of para-hydroxylation sites is 2. The van der Waals surface area contributed by atoms with E-state index in [0.717, 1.165) is 35.8 Å². The molecule has 0 aliphatic heterocycles. The number of thiazole rings is 2.